The summed E-state index contributed by atoms with van der Waals surface area (Å²) in [5.74, 6) is -0.315. The molecule has 0 fully saturated rings. The summed E-state index contributed by atoms with van der Waals surface area (Å²) in [6, 6.07) is 11.5. The van der Waals surface area contributed by atoms with E-state index in [-0.39, 0.29) is 23.6 Å². The molecule has 2 aromatic rings. The predicted molar refractivity (Wildman–Crippen MR) is 88.6 cm³/mol. The summed E-state index contributed by atoms with van der Waals surface area (Å²) < 4.78 is 19.3. The zero-order valence-electron chi connectivity index (χ0n) is 12.9. The molecule has 1 aliphatic heterocycles. The van der Waals surface area contributed by atoms with Crippen LogP contribution in [0.5, 0.6) is 5.75 Å². The number of amides is 1. The number of nitrogens with one attached hydrogen (secondary N) is 1. The van der Waals surface area contributed by atoms with Crippen molar-refractivity contribution in [3.05, 3.63) is 64.4 Å². The van der Waals surface area contributed by atoms with E-state index in [1.165, 1.54) is 18.2 Å². The van der Waals surface area contributed by atoms with Crippen LogP contribution in [0.2, 0.25) is 5.02 Å². The number of carbonyl (C=O) groups is 1. The first-order valence-electron chi connectivity index (χ1n) is 7.64. The fourth-order valence-corrected chi connectivity index (χ4v) is 3.02. The number of ether oxygens (including phenoxy) is 1. The standard InChI is InChI=1S/C18H17ClFNO3/c19-14-5-3-6-15(20)12(14)10-17(22)21-11-18(23)8-9-24-16-7-2-1-4-13(16)18/h1-7,23H,8-11H2,(H,21,22). The predicted octanol–water partition coefficient (Wildman–Crippen LogP) is 2.81. The molecular weight excluding hydrogens is 333 g/mol. The van der Waals surface area contributed by atoms with Crippen LogP contribution in [0, 0.1) is 5.82 Å². The lowest BCUT2D eigenvalue weighted by Gasteiger charge is -2.34. The SMILES string of the molecule is O=C(Cc1c(F)cccc1Cl)NCC1(O)CCOc2ccccc21. The van der Waals surface area contributed by atoms with Gasteiger partial charge in [0.25, 0.3) is 0 Å². The van der Waals surface area contributed by atoms with Crippen LogP contribution in [-0.2, 0) is 16.8 Å². The average molecular weight is 350 g/mol. The molecule has 24 heavy (non-hydrogen) atoms. The number of benzene rings is 2. The Morgan fingerprint density at radius 2 is 2.08 bits per heavy atom. The normalized spacial score (nSPS) is 19.3. The third-order valence-electron chi connectivity index (χ3n) is 4.14. The van der Waals surface area contributed by atoms with Crippen LogP contribution in [0.1, 0.15) is 17.5 Å². The van der Waals surface area contributed by atoms with Gasteiger partial charge in [-0.25, -0.2) is 4.39 Å². The highest BCUT2D eigenvalue weighted by Crippen LogP contribution is 2.36. The van der Waals surface area contributed by atoms with E-state index in [1.807, 2.05) is 6.07 Å². The van der Waals surface area contributed by atoms with Crippen molar-refractivity contribution in [1.82, 2.24) is 5.32 Å². The Bertz CT molecular complexity index is 747. The van der Waals surface area contributed by atoms with Gasteiger partial charge in [0.1, 0.15) is 17.2 Å². The summed E-state index contributed by atoms with van der Waals surface area (Å²) in [5.41, 5.74) is -0.416. The Labute approximate surface area is 144 Å². The van der Waals surface area contributed by atoms with Crippen LogP contribution >= 0.6 is 11.6 Å². The van der Waals surface area contributed by atoms with Gasteiger partial charge >= 0.3 is 0 Å². The average Bonchev–Trinajstić information content (AvgIpc) is 2.57. The van der Waals surface area contributed by atoms with Gasteiger partial charge in [-0.3, -0.25) is 4.79 Å². The van der Waals surface area contributed by atoms with Crippen molar-refractivity contribution >= 4 is 17.5 Å². The maximum absolute atomic E-state index is 13.7. The minimum absolute atomic E-state index is 0.0261. The molecule has 0 radical (unpaired) electrons. The summed E-state index contributed by atoms with van der Waals surface area (Å²) >= 11 is 5.93. The van der Waals surface area contributed by atoms with Gasteiger partial charge in [0.15, 0.2) is 0 Å². The van der Waals surface area contributed by atoms with Gasteiger partial charge in [0.2, 0.25) is 5.91 Å². The van der Waals surface area contributed by atoms with Crippen LogP contribution < -0.4 is 10.1 Å². The highest BCUT2D eigenvalue weighted by Gasteiger charge is 2.35. The minimum Gasteiger partial charge on any atom is -0.493 e. The summed E-state index contributed by atoms with van der Waals surface area (Å²) in [7, 11) is 0. The fraction of sp³-hybridized carbons (Fsp3) is 0.278. The molecule has 2 aromatic carbocycles. The van der Waals surface area contributed by atoms with Crippen LogP contribution in [0.4, 0.5) is 4.39 Å². The zero-order valence-corrected chi connectivity index (χ0v) is 13.6. The summed E-state index contributed by atoms with van der Waals surface area (Å²) in [4.78, 5) is 12.1. The molecule has 0 bridgehead atoms. The molecule has 0 saturated heterocycles. The maximum atomic E-state index is 13.7. The molecule has 3 rings (SSSR count). The first kappa shape index (κ1) is 16.7. The van der Waals surface area contributed by atoms with Gasteiger partial charge in [-0.15, -0.1) is 0 Å². The van der Waals surface area contributed by atoms with Crippen molar-refractivity contribution < 1.29 is 19.0 Å². The molecule has 2 N–H and O–H groups in total. The number of hydrogen-bond acceptors (Lipinski definition) is 3. The first-order valence-corrected chi connectivity index (χ1v) is 8.02. The summed E-state index contributed by atoms with van der Waals surface area (Å²) in [6.45, 7) is 0.390. The second-order valence-electron chi connectivity index (χ2n) is 5.78. The van der Waals surface area contributed by atoms with Gasteiger partial charge in [-0.05, 0) is 18.2 Å². The van der Waals surface area contributed by atoms with E-state index in [9.17, 15) is 14.3 Å². The maximum Gasteiger partial charge on any atom is 0.224 e. The van der Waals surface area contributed by atoms with Crippen LogP contribution in [0.15, 0.2) is 42.5 Å². The number of carbonyl (C=O) groups excluding carboxylic acids is 1. The summed E-state index contributed by atoms with van der Waals surface area (Å²) in [6.07, 6.45) is 0.185. The third-order valence-corrected chi connectivity index (χ3v) is 4.49. The Balaban J connectivity index is 1.69. The molecule has 1 amide bonds. The van der Waals surface area contributed by atoms with Crippen molar-refractivity contribution in [2.24, 2.45) is 0 Å². The molecule has 4 nitrogen and oxygen atoms in total. The Kier molecular flexibility index (Phi) is 4.73. The summed E-state index contributed by atoms with van der Waals surface area (Å²) in [5, 5.41) is 13.7. The van der Waals surface area contributed by atoms with Gasteiger partial charge in [0, 0.05) is 22.6 Å². The Hall–Kier alpha value is -2.11. The fourth-order valence-electron chi connectivity index (χ4n) is 2.79. The van der Waals surface area contributed by atoms with Gasteiger partial charge in [-0.2, -0.15) is 0 Å². The highest BCUT2D eigenvalue weighted by atomic mass is 35.5. The largest absolute Gasteiger partial charge is 0.493 e. The zero-order chi connectivity index (χ0) is 17.2. The second kappa shape index (κ2) is 6.79. The van der Waals surface area contributed by atoms with E-state index < -0.39 is 17.3 Å². The topological polar surface area (TPSA) is 58.6 Å². The lowest BCUT2D eigenvalue weighted by atomic mass is 9.88. The van der Waals surface area contributed by atoms with Crippen molar-refractivity contribution in [2.75, 3.05) is 13.2 Å². The number of hydrogen-bond donors (Lipinski definition) is 2. The van der Waals surface area contributed by atoms with Gasteiger partial charge in [0.05, 0.1) is 19.6 Å². The molecule has 126 valence electrons. The van der Waals surface area contributed by atoms with E-state index in [0.29, 0.717) is 24.3 Å². The third kappa shape index (κ3) is 3.37. The van der Waals surface area contributed by atoms with Crippen molar-refractivity contribution in [3.63, 3.8) is 0 Å². The molecule has 0 spiro atoms. The van der Waals surface area contributed by atoms with Gasteiger partial charge in [-0.1, -0.05) is 35.9 Å². The monoisotopic (exact) mass is 349 g/mol. The van der Waals surface area contributed by atoms with Crippen molar-refractivity contribution in [2.45, 2.75) is 18.4 Å². The van der Waals surface area contributed by atoms with E-state index >= 15 is 0 Å². The molecule has 1 atom stereocenters. The number of aliphatic hydroxyl groups is 1. The molecule has 0 aromatic heterocycles. The van der Waals surface area contributed by atoms with Crippen LogP contribution in [0.25, 0.3) is 0 Å². The molecule has 0 aliphatic carbocycles. The Morgan fingerprint density at radius 3 is 2.88 bits per heavy atom. The molecule has 0 saturated carbocycles. The second-order valence-corrected chi connectivity index (χ2v) is 6.19. The van der Waals surface area contributed by atoms with Crippen LogP contribution in [-0.4, -0.2) is 24.2 Å². The highest BCUT2D eigenvalue weighted by molar-refractivity contribution is 6.31. The van der Waals surface area contributed by atoms with Crippen molar-refractivity contribution in [3.8, 4) is 5.75 Å². The number of halogens is 2. The molecule has 1 unspecified atom stereocenters. The van der Waals surface area contributed by atoms with E-state index in [0.717, 1.165) is 0 Å². The number of para-hydroxylation sites is 1. The van der Waals surface area contributed by atoms with Gasteiger partial charge < -0.3 is 15.2 Å². The molecule has 6 heteroatoms. The van der Waals surface area contributed by atoms with E-state index in [2.05, 4.69) is 5.32 Å². The molecule has 1 aliphatic rings. The lowest BCUT2D eigenvalue weighted by Crippen LogP contribution is -2.44. The minimum atomic E-state index is -1.20. The van der Waals surface area contributed by atoms with Crippen molar-refractivity contribution in [1.29, 1.82) is 0 Å². The quantitative estimate of drug-likeness (QED) is 0.892. The number of fused-ring (bicyclic) bond motifs is 1. The van der Waals surface area contributed by atoms with E-state index in [1.54, 1.807) is 18.2 Å². The van der Waals surface area contributed by atoms with E-state index in [4.69, 9.17) is 16.3 Å². The smallest absolute Gasteiger partial charge is 0.224 e. The molecule has 1 heterocycles. The lowest BCUT2D eigenvalue weighted by molar-refractivity contribution is -0.122. The number of rotatable bonds is 4. The van der Waals surface area contributed by atoms with Crippen LogP contribution in [0.3, 0.4) is 0 Å². The Morgan fingerprint density at radius 1 is 1.29 bits per heavy atom. The first-order chi connectivity index (χ1) is 11.5. The molecular formula is C18H17ClFNO3.